The first-order valence-electron chi connectivity index (χ1n) is 5.17. The van der Waals surface area contributed by atoms with Gasteiger partial charge in [0.1, 0.15) is 6.26 Å². The minimum Gasteiger partial charge on any atom is -0.472 e. The van der Waals surface area contributed by atoms with Crippen molar-refractivity contribution in [1.82, 2.24) is 5.32 Å². The van der Waals surface area contributed by atoms with Gasteiger partial charge in [-0.2, -0.15) is 0 Å². The molecule has 16 heavy (non-hydrogen) atoms. The molecule has 2 heterocycles. The van der Waals surface area contributed by atoms with Crippen LogP contribution in [0.2, 0.25) is 0 Å². The second-order valence-electron chi connectivity index (χ2n) is 3.42. The Labute approximate surface area is 98.1 Å². The van der Waals surface area contributed by atoms with Crippen molar-refractivity contribution >= 4 is 17.2 Å². The van der Waals surface area contributed by atoms with Crippen LogP contribution in [0.3, 0.4) is 0 Å². The summed E-state index contributed by atoms with van der Waals surface area (Å²) in [7, 11) is 0. The summed E-state index contributed by atoms with van der Waals surface area (Å²) in [5, 5.41) is 2.85. The molecular weight excluding hydrogens is 222 g/mol. The molecule has 0 spiro atoms. The maximum atomic E-state index is 11.6. The van der Waals surface area contributed by atoms with Crippen LogP contribution in [0.4, 0.5) is 0 Å². The number of hydrogen-bond donors (Lipinski definition) is 1. The van der Waals surface area contributed by atoms with E-state index in [9.17, 15) is 4.79 Å². The zero-order valence-corrected chi connectivity index (χ0v) is 9.84. The van der Waals surface area contributed by atoms with Crippen molar-refractivity contribution in [2.75, 3.05) is 0 Å². The van der Waals surface area contributed by atoms with Crippen LogP contribution in [0, 0.1) is 0 Å². The van der Waals surface area contributed by atoms with E-state index in [2.05, 4.69) is 24.4 Å². The minimum absolute atomic E-state index is 0.0970. The van der Waals surface area contributed by atoms with E-state index in [1.165, 1.54) is 22.3 Å². The highest BCUT2D eigenvalue weighted by molar-refractivity contribution is 7.11. The standard InChI is InChI=1S/C12H13NO2S/c1-2-10-3-4-11(16-10)7-13-12(14)9-5-6-15-8-9/h3-6,8H,2,7H2,1H3,(H,13,14). The summed E-state index contributed by atoms with van der Waals surface area (Å²) in [6.45, 7) is 2.70. The molecule has 1 amide bonds. The highest BCUT2D eigenvalue weighted by Gasteiger charge is 2.06. The topological polar surface area (TPSA) is 42.2 Å². The zero-order valence-electron chi connectivity index (χ0n) is 9.03. The Balaban J connectivity index is 1.90. The smallest absolute Gasteiger partial charge is 0.254 e. The molecule has 0 bridgehead atoms. The van der Waals surface area contributed by atoms with Crippen molar-refractivity contribution in [2.24, 2.45) is 0 Å². The number of nitrogens with one attached hydrogen (secondary N) is 1. The summed E-state index contributed by atoms with van der Waals surface area (Å²) in [4.78, 5) is 14.1. The minimum atomic E-state index is -0.0970. The van der Waals surface area contributed by atoms with Crippen LogP contribution >= 0.6 is 11.3 Å². The van der Waals surface area contributed by atoms with Gasteiger partial charge in [-0.15, -0.1) is 11.3 Å². The Morgan fingerprint density at radius 1 is 1.38 bits per heavy atom. The van der Waals surface area contributed by atoms with Crippen molar-refractivity contribution < 1.29 is 9.21 Å². The maximum absolute atomic E-state index is 11.6. The lowest BCUT2D eigenvalue weighted by Crippen LogP contribution is -2.21. The molecular formula is C12H13NO2S. The summed E-state index contributed by atoms with van der Waals surface area (Å²) >= 11 is 1.73. The average Bonchev–Trinajstić information content (AvgIpc) is 2.96. The molecule has 0 saturated carbocycles. The molecule has 0 aliphatic heterocycles. The zero-order chi connectivity index (χ0) is 11.4. The third-order valence-corrected chi connectivity index (χ3v) is 3.50. The molecule has 84 valence electrons. The highest BCUT2D eigenvalue weighted by Crippen LogP contribution is 2.16. The van der Waals surface area contributed by atoms with Crippen LogP contribution in [0.25, 0.3) is 0 Å². The first-order valence-corrected chi connectivity index (χ1v) is 5.99. The van der Waals surface area contributed by atoms with E-state index in [0.717, 1.165) is 6.42 Å². The Morgan fingerprint density at radius 3 is 2.81 bits per heavy atom. The van der Waals surface area contributed by atoms with E-state index in [1.54, 1.807) is 17.4 Å². The van der Waals surface area contributed by atoms with Gasteiger partial charge >= 0.3 is 0 Å². The molecule has 0 unspecified atom stereocenters. The van der Waals surface area contributed by atoms with Gasteiger partial charge in [-0.05, 0) is 24.6 Å². The van der Waals surface area contributed by atoms with Gasteiger partial charge in [-0.25, -0.2) is 0 Å². The summed E-state index contributed by atoms with van der Waals surface area (Å²) in [6.07, 6.45) is 3.98. The molecule has 0 saturated heterocycles. The van der Waals surface area contributed by atoms with Crippen molar-refractivity contribution in [1.29, 1.82) is 0 Å². The molecule has 0 atom stereocenters. The second kappa shape index (κ2) is 4.99. The van der Waals surface area contributed by atoms with Crippen LogP contribution in [0.15, 0.2) is 35.1 Å². The number of amides is 1. The van der Waals surface area contributed by atoms with Crippen LogP contribution in [-0.4, -0.2) is 5.91 Å². The quantitative estimate of drug-likeness (QED) is 0.885. The summed E-state index contributed by atoms with van der Waals surface area (Å²) in [5.41, 5.74) is 0.562. The Bertz CT molecular complexity index is 459. The van der Waals surface area contributed by atoms with Gasteiger partial charge in [-0.1, -0.05) is 6.92 Å². The molecule has 1 N–H and O–H groups in total. The van der Waals surface area contributed by atoms with E-state index in [1.807, 2.05) is 0 Å². The largest absolute Gasteiger partial charge is 0.472 e. The predicted octanol–water partition coefficient (Wildman–Crippen LogP) is 2.83. The van der Waals surface area contributed by atoms with Gasteiger partial charge < -0.3 is 9.73 Å². The van der Waals surface area contributed by atoms with Gasteiger partial charge in [0.05, 0.1) is 18.4 Å². The van der Waals surface area contributed by atoms with Crippen molar-refractivity contribution in [2.45, 2.75) is 19.9 Å². The normalized spacial score (nSPS) is 10.3. The monoisotopic (exact) mass is 235 g/mol. The first kappa shape index (κ1) is 11.0. The van der Waals surface area contributed by atoms with Crippen LogP contribution in [0.1, 0.15) is 27.0 Å². The first-order chi connectivity index (χ1) is 7.79. The molecule has 0 aliphatic rings. The summed E-state index contributed by atoms with van der Waals surface area (Å²) < 4.78 is 4.85. The fourth-order valence-corrected chi connectivity index (χ4v) is 2.27. The lowest BCUT2D eigenvalue weighted by molar-refractivity contribution is 0.0950. The predicted molar refractivity (Wildman–Crippen MR) is 63.6 cm³/mol. The number of furan rings is 1. The third kappa shape index (κ3) is 2.52. The fourth-order valence-electron chi connectivity index (χ4n) is 1.37. The lowest BCUT2D eigenvalue weighted by Gasteiger charge is -2.00. The molecule has 0 aliphatic carbocycles. The Morgan fingerprint density at radius 2 is 2.19 bits per heavy atom. The number of carbonyl (C=O) groups is 1. The second-order valence-corrected chi connectivity index (χ2v) is 4.67. The summed E-state index contributed by atoms with van der Waals surface area (Å²) in [5.74, 6) is -0.0970. The molecule has 2 rings (SSSR count). The number of carbonyl (C=O) groups excluding carboxylic acids is 1. The van der Waals surface area contributed by atoms with Crippen LogP contribution in [-0.2, 0) is 13.0 Å². The molecule has 4 heteroatoms. The van der Waals surface area contributed by atoms with Crippen LogP contribution < -0.4 is 5.32 Å². The third-order valence-electron chi connectivity index (χ3n) is 2.27. The van der Waals surface area contributed by atoms with E-state index in [-0.39, 0.29) is 5.91 Å². The molecule has 2 aromatic rings. The number of hydrogen-bond acceptors (Lipinski definition) is 3. The molecule has 0 aromatic carbocycles. The lowest BCUT2D eigenvalue weighted by atomic mass is 10.3. The Kier molecular flexibility index (Phi) is 3.41. The van der Waals surface area contributed by atoms with Crippen LogP contribution in [0.5, 0.6) is 0 Å². The molecule has 0 fully saturated rings. The highest BCUT2D eigenvalue weighted by atomic mass is 32.1. The van der Waals surface area contributed by atoms with Gasteiger partial charge in [0, 0.05) is 9.75 Å². The molecule has 3 nitrogen and oxygen atoms in total. The van der Waals surface area contributed by atoms with Crippen molar-refractivity contribution in [3.63, 3.8) is 0 Å². The SMILES string of the molecule is CCc1ccc(CNC(=O)c2ccoc2)s1. The van der Waals surface area contributed by atoms with Crippen molar-refractivity contribution in [3.05, 3.63) is 46.0 Å². The van der Waals surface area contributed by atoms with Gasteiger partial charge in [0.15, 0.2) is 0 Å². The van der Waals surface area contributed by atoms with E-state index < -0.39 is 0 Å². The van der Waals surface area contributed by atoms with E-state index >= 15 is 0 Å². The number of thiophene rings is 1. The molecule has 0 radical (unpaired) electrons. The van der Waals surface area contributed by atoms with E-state index in [0.29, 0.717) is 12.1 Å². The van der Waals surface area contributed by atoms with Crippen molar-refractivity contribution in [3.8, 4) is 0 Å². The average molecular weight is 235 g/mol. The molecule has 2 aromatic heterocycles. The van der Waals surface area contributed by atoms with Gasteiger partial charge in [0.25, 0.3) is 5.91 Å². The maximum Gasteiger partial charge on any atom is 0.254 e. The van der Waals surface area contributed by atoms with E-state index in [4.69, 9.17) is 4.42 Å². The summed E-state index contributed by atoms with van der Waals surface area (Å²) in [6, 6.07) is 5.81. The number of aryl methyl sites for hydroxylation is 1. The Hall–Kier alpha value is -1.55. The number of rotatable bonds is 4. The van der Waals surface area contributed by atoms with Gasteiger partial charge in [0.2, 0.25) is 0 Å². The fraction of sp³-hybridized carbons (Fsp3) is 0.250. The van der Waals surface area contributed by atoms with Gasteiger partial charge in [-0.3, -0.25) is 4.79 Å².